The Bertz CT molecular complexity index is 554. The SMILES string of the molecule is Nc1nc2cc(Cl)ccc2cc1C(=O)O. The number of aromatic nitrogens is 1. The number of anilines is 1. The molecule has 1 aromatic heterocycles. The molecule has 4 nitrogen and oxygen atoms in total. The molecule has 0 unspecified atom stereocenters. The maximum atomic E-state index is 10.8. The van der Waals surface area contributed by atoms with Crippen LogP contribution in [0, 0.1) is 0 Å². The molecule has 0 saturated carbocycles. The van der Waals surface area contributed by atoms with Crippen molar-refractivity contribution in [1.29, 1.82) is 0 Å². The average molecular weight is 223 g/mol. The van der Waals surface area contributed by atoms with Crippen molar-refractivity contribution in [2.24, 2.45) is 0 Å². The van der Waals surface area contributed by atoms with Gasteiger partial charge in [-0.2, -0.15) is 0 Å². The third kappa shape index (κ3) is 1.71. The summed E-state index contributed by atoms with van der Waals surface area (Å²) < 4.78 is 0. The molecule has 0 fully saturated rings. The molecule has 0 aliphatic heterocycles. The normalized spacial score (nSPS) is 10.5. The Balaban J connectivity index is 2.76. The van der Waals surface area contributed by atoms with Crippen LogP contribution in [-0.2, 0) is 0 Å². The lowest BCUT2D eigenvalue weighted by Gasteiger charge is -2.03. The molecule has 0 bridgehead atoms. The summed E-state index contributed by atoms with van der Waals surface area (Å²) in [6, 6.07) is 6.50. The Morgan fingerprint density at radius 1 is 1.40 bits per heavy atom. The van der Waals surface area contributed by atoms with Crippen molar-refractivity contribution in [3.8, 4) is 0 Å². The summed E-state index contributed by atoms with van der Waals surface area (Å²) in [5.41, 5.74) is 6.10. The number of aromatic carboxylic acids is 1. The number of nitrogens with zero attached hydrogens (tertiary/aromatic N) is 1. The standard InChI is InChI=1S/C10H7ClN2O2/c11-6-2-1-5-3-7(10(14)15)9(12)13-8(5)4-6/h1-4H,(H2,12,13)(H,14,15). The zero-order valence-corrected chi connectivity index (χ0v) is 8.32. The molecule has 0 aliphatic carbocycles. The first-order chi connectivity index (χ1) is 7.08. The highest BCUT2D eigenvalue weighted by molar-refractivity contribution is 6.31. The van der Waals surface area contributed by atoms with Crippen LogP contribution in [0.2, 0.25) is 5.02 Å². The van der Waals surface area contributed by atoms with Crippen LogP contribution < -0.4 is 5.73 Å². The van der Waals surface area contributed by atoms with Crippen LogP contribution in [0.5, 0.6) is 0 Å². The fraction of sp³-hybridized carbons (Fsp3) is 0. The minimum absolute atomic E-state index is 0.00253. The molecule has 15 heavy (non-hydrogen) atoms. The molecular weight excluding hydrogens is 216 g/mol. The second kappa shape index (κ2) is 3.40. The van der Waals surface area contributed by atoms with Gasteiger partial charge in [-0.3, -0.25) is 0 Å². The van der Waals surface area contributed by atoms with E-state index in [9.17, 15) is 4.79 Å². The van der Waals surface area contributed by atoms with E-state index in [1.807, 2.05) is 0 Å². The van der Waals surface area contributed by atoms with E-state index in [4.69, 9.17) is 22.4 Å². The Kier molecular flexibility index (Phi) is 2.21. The first-order valence-corrected chi connectivity index (χ1v) is 4.55. The maximum Gasteiger partial charge on any atom is 0.339 e. The third-order valence-electron chi connectivity index (χ3n) is 2.04. The van der Waals surface area contributed by atoms with Gasteiger partial charge in [0.25, 0.3) is 0 Å². The summed E-state index contributed by atoms with van der Waals surface area (Å²) in [5, 5.41) is 10.1. The van der Waals surface area contributed by atoms with Crippen molar-refractivity contribution >= 4 is 34.3 Å². The van der Waals surface area contributed by atoms with Crippen LogP contribution in [-0.4, -0.2) is 16.1 Å². The number of rotatable bonds is 1. The summed E-state index contributed by atoms with van der Waals surface area (Å²) in [4.78, 5) is 14.8. The summed E-state index contributed by atoms with van der Waals surface area (Å²) >= 11 is 5.78. The van der Waals surface area contributed by atoms with Gasteiger partial charge in [0.1, 0.15) is 11.4 Å². The van der Waals surface area contributed by atoms with E-state index >= 15 is 0 Å². The molecule has 3 N–H and O–H groups in total. The van der Waals surface area contributed by atoms with Gasteiger partial charge in [0.05, 0.1) is 5.52 Å². The van der Waals surface area contributed by atoms with Crippen LogP contribution in [0.15, 0.2) is 24.3 Å². The van der Waals surface area contributed by atoms with Crippen molar-refractivity contribution in [2.45, 2.75) is 0 Å². The van der Waals surface area contributed by atoms with Gasteiger partial charge in [0.2, 0.25) is 0 Å². The Labute approximate surface area is 90.3 Å². The molecule has 76 valence electrons. The molecule has 0 saturated heterocycles. The first kappa shape index (κ1) is 9.73. The van der Waals surface area contributed by atoms with Crippen LogP contribution >= 0.6 is 11.6 Å². The van der Waals surface area contributed by atoms with E-state index in [-0.39, 0.29) is 11.4 Å². The van der Waals surface area contributed by atoms with Gasteiger partial charge in [-0.1, -0.05) is 17.7 Å². The number of carboxylic acid groups (broad SMARTS) is 1. The molecule has 0 atom stereocenters. The highest BCUT2D eigenvalue weighted by Gasteiger charge is 2.10. The molecule has 1 heterocycles. The van der Waals surface area contributed by atoms with E-state index in [2.05, 4.69) is 4.98 Å². The maximum absolute atomic E-state index is 10.8. The number of carbonyl (C=O) groups is 1. The van der Waals surface area contributed by atoms with E-state index in [1.54, 1.807) is 18.2 Å². The van der Waals surface area contributed by atoms with Crippen molar-refractivity contribution in [1.82, 2.24) is 4.98 Å². The number of hydrogen-bond donors (Lipinski definition) is 2. The largest absolute Gasteiger partial charge is 0.478 e. The smallest absolute Gasteiger partial charge is 0.339 e. The number of carboxylic acids is 1. The van der Waals surface area contributed by atoms with Crippen LogP contribution in [0.25, 0.3) is 10.9 Å². The average Bonchev–Trinajstić information content (AvgIpc) is 2.15. The number of benzene rings is 1. The number of hydrogen-bond acceptors (Lipinski definition) is 3. The summed E-state index contributed by atoms with van der Waals surface area (Å²) in [6.07, 6.45) is 0. The van der Waals surface area contributed by atoms with Crippen molar-refractivity contribution in [3.63, 3.8) is 0 Å². The summed E-state index contributed by atoms with van der Waals surface area (Å²) in [5.74, 6) is -1.09. The van der Waals surface area contributed by atoms with Gasteiger partial charge in [-0.15, -0.1) is 0 Å². The minimum atomic E-state index is -1.09. The minimum Gasteiger partial charge on any atom is -0.478 e. The second-order valence-electron chi connectivity index (χ2n) is 3.06. The van der Waals surface area contributed by atoms with Gasteiger partial charge >= 0.3 is 5.97 Å². The number of pyridine rings is 1. The van der Waals surface area contributed by atoms with Crippen molar-refractivity contribution < 1.29 is 9.90 Å². The molecule has 0 spiro atoms. The zero-order valence-electron chi connectivity index (χ0n) is 7.57. The molecular formula is C10H7ClN2O2. The third-order valence-corrected chi connectivity index (χ3v) is 2.27. The Morgan fingerprint density at radius 3 is 2.80 bits per heavy atom. The van der Waals surface area contributed by atoms with Crippen LogP contribution in [0.1, 0.15) is 10.4 Å². The molecule has 0 aliphatic rings. The quantitative estimate of drug-likeness (QED) is 0.775. The molecule has 0 radical (unpaired) electrons. The van der Waals surface area contributed by atoms with Gasteiger partial charge in [-0.25, -0.2) is 9.78 Å². The lowest BCUT2D eigenvalue weighted by atomic mass is 10.1. The van der Waals surface area contributed by atoms with E-state index in [0.717, 1.165) is 0 Å². The molecule has 2 rings (SSSR count). The van der Waals surface area contributed by atoms with Crippen molar-refractivity contribution in [3.05, 3.63) is 34.9 Å². The molecule has 1 aromatic carbocycles. The van der Waals surface area contributed by atoms with E-state index < -0.39 is 5.97 Å². The summed E-state index contributed by atoms with van der Waals surface area (Å²) in [7, 11) is 0. The van der Waals surface area contributed by atoms with Crippen LogP contribution in [0.3, 0.4) is 0 Å². The van der Waals surface area contributed by atoms with E-state index in [0.29, 0.717) is 15.9 Å². The highest BCUT2D eigenvalue weighted by Crippen LogP contribution is 2.21. The highest BCUT2D eigenvalue weighted by atomic mass is 35.5. The number of fused-ring (bicyclic) bond motifs is 1. The summed E-state index contributed by atoms with van der Waals surface area (Å²) in [6.45, 7) is 0. The van der Waals surface area contributed by atoms with Gasteiger partial charge < -0.3 is 10.8 Å². The first-order valence-electron chi connectivity index (χ1n) is 4.17. The van der Waals surface area contributed by atoms with Gasteiger partial charge in [0.15, 0.2) is 0 Å². The second-order valence-corrected chi connectivity index (χ2v) is 3.50. The predicted octanol–water partition coefficient (Wildman–Crippen LogP) is 2.17. The Morgan fingerprint density at radius 2 is 2.13 bits per heavy atom. The van der Waals surface area contributed by atoms with Gasteiger partial charge in [-0.05, 0) is 18.2 Å². The predicted molar refractivity (Wildman–Crippen MR) is 58.1 cm³/mol. The number of nitrogens with two attached hydrogens (primary N) is 1. The monoisotopic (exact) mass is 222 g/mol. The molecule has 2 aromatic rings. The number of nitrogen functional groups attached to an aromatic ring is 1. The fourth-order valence-electron chi connectivity index (χ4n) is 1.33. The fourth-order valence-corrected chi connectivity index (χ4v) is 1.49. The van der Waals surface area contributed by atoms with Crippen LogP contribution in [0.4, 0.5) is 5.82 Å². The zero-order chi connectivity index (χ0) is 11.0. The number of halogens is 1. The molecule has 0 amide bonds. The van der Waals surface area contributed by atoms with Gasteiger partial charge in [0, 0.05) is 10.4 Å². The lowest BCUT2D eigenvalue weighted by Crippen LogP contribution is -2.04. The van der Waals surface area contributed by atoms with Crippen molar-refractivity contribution in [2.75, 3.05) is 5.73 Å². The Hall–Kier alpha value is -1.81. The topological polar surface area (TPSA) is 76.2 Å². The molecule has 5 heteroatoms. The lowest BCUT2D eigenvalue weighted by molar-refractivity contribution is 0.0698. The van der Waals surface area contributed by atoms with E-state index in [1.165, 1.54) is 6.07 Å².